The molecule has 3 aliphatic rings. The van der Waals surface area contributed by atoms with Gasteiger partial charge in [-0.25, -0.2) is 0 Å². The van der Waals surface area contributed by atoms with E-state index in [1.807, 2.05) is 0 Å². The molecule has 0 bridgehead atoms. The molecule has 0 spiro atoms. The molecule has 3 fully saturated rings. The average Bonchev–Trinajstić information content (AvgIpc) is 2.66. The molecule has 0 radical (unpaired) electrons. The summed E-state index contributed by atoms with van der Waals surface area (Å²) in [5, 5.41) is 9.41. The number of nitriles is 1. The van der Waals surface area contributed by atoms with E-state index in [2.05, 4.69) is 15.9 Å². The molecule has 4 nitrogen and oxygen atoms in total. The first-order valence-electron chi connectivity index (χ1n) is 7.72. The van der Waals surface area contributed by atoms with Crippen LogP contribution in [0.3, 0.4) is 0 Å². The zero-order chi connectivity index (χ0) is 13.2. The molecule has 3 rings (SSSR count). The molecular formula is C15H23N3O. The zero-order valence-corrected chi connectivity index (χ0v) is 11.6. The summed E-state index contributed by atoms with van der Waals surface area (Å²) in [6.07, 6.45) is 7.70. The number of amides is 1. The third-order valence-corrected chi connectivity index (χ3v) is 5.14. The Morgan fingerprint density at radius 2 is 1.95 bits per heavy atom. The first-order chi connectivity index (χ1) is 9.29. The molecule has 0 aromatic carbocycles. The van der Waals surface area contributed by atoms with Gasteiger partial charge in [0.15, 0.2) is 0 Å². The molecule has 1 amide bonds. The fourth-order valence-electron chi connectivity index (χ4n) is 4.07. The van der Waals surface area contributed by atoms with Gasteiger partial charge >= 0.3 is 0 Å². The van der Waals surface area contributed by atoms with Crippen LogP contribution in [0.2, 0.25) is 0 Å². The Balaban J connectivity index is 1.68. The van der Waals surface area contributed by atoms with E-state index in [0.717, 1.165) is 38.9 Å². The largest absolute Gasteiger partial charge is 0.337 e. The van der Waals surface area contributed by atoms with Crippen molar-refractivity contribution in [3.63, 3.8) is 0 Å². The third-order valence-electron chi connectivity index (χ3n) is 5.14. The van der Waals surface area contributed by atoms with Crippen molar-refractivity contribution in [2.75, 3.05) is 19.6 Å². The SMILES string of the molecule is N#CC1CCCCCC1N1CCN2C(=O)CCC2C1. The average molecular weight is 261 g/mol. The van der Waals surface area contributed by atoms with Crippen molar-refractivity contribution >= 4 is 5.91 Å². The van der Waals surface area contributed by atoms with E-state index in [9.17, 15) is 10.1 Å². The Morgan fingerprint density at radius 3 is 2.79 bits per heavy atom. The minimum atomic E-state index is 0.200. The lowest BCUT2D eigenvalue weighted by Crippen LogP contribution is -2.55. The molecule has 1 saturated carbocycles. The lowest BCUT2D eigenvalue weighted by atomic mass is 9.93. The molecule has 0 N–H and O–H groups in total. The van der Waals surface area contributed by atoms with Crippen LogP contribution < -0.4 is 0 Å². The second-order valence-electron chi connectivity index (χ2n) is 6.22. The van der Waals surface area contributed by atoms with Crippen molar-refractivity contribution in [2.45, 2.75) is 57.0 Å². The fourth-order valence-corrected chi connectivity index (χ4v) is 4.07. The second kappa shape index (κ2) is 5.50. The number of carbonyl (C=O) groups is 1. The van der Waals surface area contributed by atoms with E-state index < -0.39 is 0 Å². The predicted molar refractivity (Wildman–Crippen MR) is 72.3 cm³/mol. The number of rotatable bonds is 1. The summed E-state index contributed by atoms with van der Waals surface area (Å²) in [6.45, 7) is 2.83. The van der Waals surface area contributed by atoms with Gasteiger partial charge in [-0.3, -0.25) is 9.69 Å². The van der Waals surface area contributed by atoms with Crippen molar-refractivity contribution in [3.8, 4) is 6.07 Å². The van der Waals surface area contributed by atoms with E-state index in [1.165, 1.54) is 25.7 Å². The lowest BCUT2D eigenvalue weighted by Gasteiger charge is -2.42. The molecule has 0 aromatic rings. The normalized spacial score (nSPS) is 36.7. The van der Waals surface area contributed by atoms with Crippen LogP contribution in [-0.4, -0.2) is 47.4 Å². The Labute approximate surface area is 115 Å². The van der Waals surface area contributed by atoms with Gasteiger partial charge in [-0.05, 0) is 19.3 Å². The van der Waals surface area contributed by atoms with E-state index >= 15 is 0 Å². The smallest absolute Gasteiger partial charge is 0.222 e. The Kier molecular flexibility index (Phi) is 3.74. The quantitative estimate of drug-likeness (QED) is 0.676. The molecule has 19 heavy (non-hydrogen) atoms. The Morgan fingerprint density at radius 1 is 1.11 bits per heavy atom. The zero-order valence-electron chi connectivity index (χ0n) is 11.6. The number of fused-ring (bicyclic) bond motifs is 1. The summed E-state index contributed by atoms with van der Waals surface area (Å²) in [7, 11) is 0. The summed E-state index contributed by atoms with van der Waals surface area (Å²) in [6, 6.07) is 3.39. The molecular weight excluding hydrogens is 238 g/mol. The van der Waals surface area contributed by atoms with Crippen LogP contribution in [0.15, 0.2) is 0 Å². The minimum absolute atomic E-state index is 0.200. The van der Waals surface area contributed by atoms with E-state index in [0.29, 0.717) is 18.0 Å². The molecule has 0 aromatic heterocycles. The lowest BCUT2D eigenvalue weighted by molar-refractivity contribution is -0.131. The van der Waals surface area contributed by atoms with Crippen LogP contribution in [0.5, 0.6) is 0 Å². The summed E-state index contributed by atoms with van der Waals surface area (Å²) >= 11 is 0. The number of hydrogen-bond donors (Lipinski definition) is 0. The Hall–Kier alpha value is -1.08. The number of carbonyl (C=O) groups excluding carboxylic acids is 1. The highest BCUT2D eigenvalue weighted by atomic mass is 16.2. The van der Waals surface area contributed by atoms with Crippen LogP contribution in [-0.2, 0) is 4.79 Å². The number of nitrogens with zero attached hydrogens (tertiary/aromatic N) is 3. The molecule has 104 valence electrons. The van der Waals surface area contributed by atoms with E-state index in [-0.39, 0.29) is 5.92 Å². The van der Waals surface area contributed by atoms with Gasteiger partial charge in [0, 0.05) is 38.1 Å². The van der Waals surface area contributed by atoms with Crippen LogP contribution in [0.4, 0.5) is 0 Å². The highest BCUT2D eigenvalue weighted by molar-refractivity contribution is 5.78. The van der Waals surface area contributed by atoms with Crippen LogP contribution in [0.1, 0.15) is 44.9 Å². The second-order valence-corrected chi connectivity index (χ2v) is 6.22. The maximum Gasteiger partial charge on any atom is 0.222 e. The predicted octanol–water partition coefficient (Wildman–Crippen LogP) is 1.77. The van der Waals surface area contributed by atoms with E-state index in [1.54, 1.807) is 0 Å². The standard InChI is InChI=1S/C15H23N3O/c16-10-12-4-2-1-3-5-14(12)17-8-9-18-13(11-17)6-7-15(18)19/h12-14H,1-9,11H2. The first-order valence-corrected chi connectivity index (χ1v) is 7.72. The highest BCUT2D eigenvalue weighted by Gasteiger charge is 2.39. The van der Waals surface area contributed by atoms with Crippen LogP contribution in [0.25, 0.3) is 0 Å². The molecule has 2 heterocycles. The minimum Gasteiger partial charge on any atom is -0.337 e. The summed E-state index contributed by atoms with van der Waals surface area (Å²) < 4.78 is 0. The molecule has 3 atom stereocenters. The number of piperazine rings is 1. The van der Waals surface area contributed by atoms with Crippen LogP contribution >= 0.6 is 0 Å². The van der Waals surface area contributed by atoms with Gasteiger partial charge in [0.1, 0.15) is 0 Å². The Bertz CT molecular complexity index is 389. The van der Waals surface area contributed by atoms with E-state index in [4.69, 9.17) is 0 Å². The maximum absolute atomic E-state index is 11.7. The van der Waals surface area contributed by atoms with Gasteiger partial charge in [0.25, 0.3) is 0 Å². The van der Waals surface area contributed by atoms with Gasteiger partial charge < -0.3 is 4.90 Å². The molecule has 2 saturated heterocycles. The monoisotopic (exact) mass is 261 g/mol. The van der Waals surface area contributed by atoms with Gasteiger partial charge in [-0.1, -0.05) is 19.3 Å². The number of hydrogen-bond acceptors (Lipinski definition) is 3. The van der Waals surface area contributed by atoms with Gasteiger partial charge in [0.2, 0.25) is 5.91 Å². The maximum atomic E-state index is 11.7. The van der Waals surface area contributed by atoms with Crippen molar-refractivity contribution in [2.24, 2.45) is 5.92 Å². The summed E-state index contributed by atoms with van der Waals surface area (Å²) in [5.41, 5.74) is 0. The third kappa shape index (κ3) is 2.49. The fraction of sp³-hybridized carbons (Fsp3) is 0.867. The topological polar surface area (TPSA) is 47.3 Å². The summed E-state index contributed by atoms with van der Waals surface area (Å²) in [5.74, 6) is 0.536. The van der Waals surface area contributed by atoms with Gasteiger partial charge in [0.05, 0.1) is 12.0 Å². The molecule has 1 aliphatic carbocycles. The van der Waals surface area contributed by atoms with Gasteiger partial charge in [-0.15, -0.1) is 0 Å². The van der Waals surface area contributed by atoms with Crippen molar-refractivity contribution in [3.05, 3.63) is 0 Å². The first kappa shape index (κ1) is 12.9. The van der Waals surface area contributed by atoms with Crippen molar-refractivity contribution in [1.82, 2.24) is 9.80 Å². The van der Waals surface area contributed by atoms with Crippen molar-refractivity contribution in [1.29, 1.82) is 5.26 Å². The van der Waals surface area contributed by atoms with Crippen molar-refractivity contribution < 1.29 is 4.79 Å². The van der Waals surface area contributed by atoms with Gasteiger partial charge in [-0.2, -0.15) is 5.26 Å². The molecule has 2 aliphatic heterocycles. The molecule has 4 heteroatoms. The molecule has 3 unspecified atom stereocenters. The highest BCUT2D eigenvalue weighted by Crippen LogP contribution is 2.31. The van der Waals surface area contributed by atoms with Crippen LogP contribution in [0, 0.1) is 17.2 Å². The summed E-state index contributed by atoms with van der Waals surface area (Å²) in [4.78, 5) is 16.3.